The van der Waals surface area contributed by atoms with Crippen molar-refractivity contribution in [1.29, 1.82) is 0 Å². The van der Waals surface area contributed by atoms with E-state index in [0.29, 0.717) is 25.4 Å². The predicted octanol–water partition coefficient (Wildman–Crippen LogP) is 1.01. The number of nitrogens with zero attached hydrogens (tertiary/aromatic N) is 4. The third kappa shape index (κ3) is 2.56. The fourth-order valence-electron chi connectivity index (χ4n) is 4.60. The lowest BCUT2D eigenvalue weighted by Gasteiger charge is -2.27. The van der Waals surface area contributed by atoms with Gasteiger partial charge in [0.25, 0.3) is 0 Å². The summed E-state index contributed by atoms with van der Waals surface area (Å²) in [6, 6.07) is 5.51. The number of hydrogen-bond donors (Lipinski definition) is 0. The Labute approximate surface area is 161 Å². The quantitative estimate of drug-likeness (QED) is 0.720. The molecule has 2 amide bonds. The summed E-state index contributed by atoms with van der Waals surface area (Å²) in [5.41, 5.74) is 0.244. The van der Waals surface area contributed by atoms with Crippen molar-refractivity contribution in [3.63, 3.8) is 0 Å². The lowest BCUT2D eigenvalue weighted by molar-refractivity contribution is -0.143. The van der Waals surface area contributed by atoms with Crippen molar-refractivity contribution in [3.8, 4) is 0 Å². The number of carbonyl (C=O) groups excluding carboxylic acids is 2. The molecule has 1 spiro atoms. The molecule has 0 N–H and O–H groups in total. The highest BCUT2D eigenvalue weighted by atomic mass is 16.5. The van der Waals surface area contributed by atoms with Crippen LogP contribution in [0.25, 0.3) is 0 Å². The van der Waals surface area contributed by atoms with Crippen LogP contribution in [0.5, 0.6) is 0 Å². The molecule has 0 radical (unpaired) electrons. The molecule has 144 valence electrons. The summed E-state index contributed by atoms with van der Waals surface area (Å²) in [5, 5.41) is 3.67. The normalized spacial score (nSPS) is 30.1. The van der Waals surface area contributed by atoms with Gasteiger partial charge in [0, 0.05) is 32.1 Å². The number of fused-ring (bicyclic) bond motifs is 1. The van der Waals surface area contributed by atoms with Gasteiger partial charge in [-0.1, -0.05) is 23.4 Å². The zero-order chi connectivity index (χ0) is 19.3. The van der Waals surface area contributed by atoms with Crippen LogP contribution in [-0.2, 0) is 27.4 Å². The van der Waals surface area contributed by atoms with E-state index in [0.717, 1.165) is 5.56 Å². The van der Waals surface area contributed by atoms with Gasteiger partial charge in [0.1, 0.15) is 5.60 Å². The molecule has 3 aliphatic heterocycles. The first kappa shape index (κ1) is 17.1. The van der Waals surface area contributed by atoms with Gasteiger partial charge in [0.05, 0.1) is 37.2 Å². The van der Waals surface area contributed by atoms with Crippen LogP contribution in [0.15, 0.2) is 53.5 Å². The van der Waals surface area contributed by atoms with E-state index < -0.39 is 17.4 Å². The molecule has 2 fully saturated rings. The fraction of sp³-hybridized carbons (Fsp3) is 0.400. The van der Waals surface area contributed by atoms with Crippen molar-refractivity contribution in [1.82, 2.24) is 19.9 Å². The summed E-state index contributed by atoms with van der Waals surface area (Å²) in [6.45, 7) is 1.22. The summed E-state index contributed by atoms with van der Waals surface area (Å²) in [7, 11) is 1.71. The monoisotopic (exact) mass is 380 g/mol. The summed E-state index contributed by atoms with van der Waals surface area (Å²) in [4.78, 5) is 33.9. The van der Waals surface area contributed by atoms with E-state index >= 15 is 0 Å². The van der Waals surface area contributed by atoms with Crippen molar-refractivity contribution in [3.05, 3.63) is 60.3 Å². The molecule has 28 heavy (non-hydrogen) atoms. The van der Waals surface area contributed by atoms with E-state index in [1.165, 1.54) is 0 Å². The van der Waals surface area contributed by atoms with Gasteiger partial charge < -0.3 is 19.1 Å². The minimum Gasteiger partial charge on any atom is -0.360 e. The molecule has 0 saturated carbocycles. The Balaban J connectivity index is 1.37. The molecule has 0 unspecified atom stereocenters. The Kier molecular flexibility index (Phi) is 3.83. The molecule has 8 nitrogen and oxygen atoms in total. The number of carbonyl (C=O) groups is 2. The summed E-state index contributed by atoms with van der Waals surface area (Å²) < 4.78 is 11.3. The zero-order valence-electron chi connectivity index (χ0n) is 15.4. The van der Waals surface area contributed by atoms with Crippen molar-refractivity contribution in [2.24, 2.45) is 11.8 Å². The number of likely N-dealkylation sites (tertiary alicyclic amines) is 1. The number of amides is 2. The summed E-state index contributed by atoms with van der Waals surface area (Å²) in [5.74, 6) is -0.578. The molecule has 0 aromatic carbocycles. The Morgan fingerprint density at radius 3 is 3.04 bits per heavy atom. The second kappa shape index (κ2) is 6.27. The van der Waals surface area contributed by atoms with E-state index in [4.69, 9.17) is 9.26 Å². The standard InChI is InChI=1S/C20H20N4O4/c1-23(11-14-5-8-22-28-14)18(25)16-15-4-6-20(27-15)12-24(19(26)17(16)20)10-13-3-2-7-21-9-13/h2-9,15-17H,10-12H2,1H3/t15-,16+,17-,20-/m0/s1. The van der Waals surface area contributed by atoms with Gasteiger partial charge in [-0.25, -0.2) is 0 Å². The van der Waals surface area contributed by atoms with Gasteiger partial charge in [-0.05, 0) is 11.6 Å². The van der Waals surface area contributed by atoms with Gasteiger partial charge in [-0.2, -0.15) is 0 Å². The van der Waals surface area contributed by atoms with Crippen LogP contribution >= 0.6 is 0 Å². The average molecular weight is 380 g/mol. The highest BCUT2D eigenvalue weighted by Gasteiger charge is 2.67. The van der Waals surface area contributed by atoms with Gasteiger partial charge >= 0.3 is 0 Å². The first-order valence-corrected chi connectivity index (χ1v) is 9.27. The fourth-order valence-corrected chi connectivity index (χ4v) is 4.60. The van der Waals surface area contributed by atoms with E-state index in [-0.39, 0.29) is 17.9 Å². The van der Waals surface area contributed by atoms with Gasteiger partial charge in [-0.15, -0.1) is 0 Å². The maximum Gasteiger partial charge on any atom is 0.230 e. The van der Waals surface area contributed by atoms with Crippen LogP contribution < -0.4 is 0 Å². The Morgan fingerprint density at radius 2 is 2.29 bits per heavy atom. The van der Waals surface area contributed by atoms with Crippen molar-refractivity contribution in [2.45, 2.75) is 24.8 Å². The maximum atomic E-state index is 13.2. The largest absolute Gasteiger partial charge is 0.360 e. The molecular formula is C20H20N4O4. The first-order valence-electron chi connectivity index (χ1n) is 9.27. The summed E-state index contributed by atoms with van der Waals surface area (Å²) in [6.07, 6.45) is 8.52. The molecule has 0 aliphatic carbocycles. The molecule has 2 saturated heterocycles. The Hall–Kier alpha value is -3.00. The topological polar surface area (TPSA) is 88.8 Å². The minimum atomic E-state index is -0.711. The number of pyridine rings is 1. The molecular weight excluding hydrogens is 360 g/mol. The van der Waals surface area contributed by atoms with Crippen LogP contribution in [0.1, 0.15) is 11.3 Å². The van der Waals surface area contributed by atoms with Gasteiger partial charge in [0.15, 0.2) is 5.76 Å². The van der Waals surface area contributed by atoms with Crippen LogP contribution in [0, 0.1) is 11.8 Å². The minimum absolute atomic E-state index is 0.0397. The van der Waals surface area contributed by atoms with Crippen LogP contribution in [0.4, 0.5) is 0 Å². The molecule has 2 aromatic heterocycles. The van der Waals surface area contributed by atoms with E-state index in [2.05, 4.69) is 10.1 Å². The number of aromatic nitrogens is 2. The zero-order valence-corrected chi connectivity index (χ0v) is 15.4. The lowest BCUT2D eigenvalue weighted by Crippen LogP contribution is -2.44. The molecule has 4 atom stereocenters. The molecule has 8 heteroatoms. The molecule has 2 bridgehead atoms. The van der Waals surface area contributed by atoms with E-state index in [9.17, 15) is 9.59 Å². The van der Waals surface area contributed by atoms with E-state index in [1.54, 1.807) is 41.5 Å². The smallest absolute Gasteiger partial charge is 0.230 e. The highest BCUT2D eigenvalue weighted by Crippen LogP contribution is 2.52. The molecule has 2 aromatic rings. The maximum absolute atomic E-state index is 13.2. The van der Waals surface area contributed by atoms with Gasteiger partial charge in [0.2, 0.25) is 11.8 Å². The number of rotatable bonds is 5. The van der Waals surface area contributed by atoms with E-state index in [1.807, 2.05) is 24.3 Å². The predicted molar refractivity (Wildman–Crippen MR) is 96.4 cm³/mol. The van der Waals surface area contributed by atoms with Gasteiger partial charge in [-0.3, -0.25) is 14.6 Å². The molecule has 5 heterocycles. The second-order valence-corrected chi connectivity index (χ2v) is 7.63. The van der Waals surface area contributed by atoms with Crippen molar-refractivity contribution < 1.29 is 18.8 Å². The van der Waals surface area contributed by atoms with Crippen LogP contribution in [0.3, 0.4) is 0 Å². The third-order valence-electron chi connectivity index (χ3n) is 5.82. The Bertz CT molecular complexity index is 929. The molecule has 3 aliphatic rings. The highest BCUT2D eigenvalue weighted by molar-refractivity contribution is 5.93. The third-order valence-corrected chi connectivity index (χ3v) is 5.82. The van der Waals surface area contributed by atoms with Crippen molar-refractivity contribution in [2.75, 3.05) is 13.6 Å². The first-order chi connectivity index (χ1) is 13.6. The Morgan fingerprint density at radius 1 is 1.39 bits per heavy atom. The van der Waals surface area contributed by atoms with Crippen molar-refractivity contribution >= 4 is 11.8 Å². The average Bonchev–Trinajstić information content (AvgIpc) is 3.45. The number of ether oxygens (including phenoxy) is 1. The SMILES string of the molecule is CN(Cc1ccno1)C(=O)[C@@H]1[C@@H]2C=C[C@@]3(CN(Cc4cccnc4)C(=O)[C@H]13)O2. The lowest BCUT2D eigenvalue weighted by atomic mass is 9.76. The number of hydrogen-bond acceptors (Lipinski definition) is 6. The van der Waals surface area contributed by atoms with Crippen LogP contribution in [0.2, 0.25) is 0 Å². The summed E-state index contributed by atoms with van der Waals surface area (Å²) >= 11 is 0. The molecule has 5 rings (SSSR count). The second-order valence-electron chi connectivity index (χ2n) is 7.63. The van der Waals surface area contributed by atoms with Crippen LogP contribution in [-0.4, -0.2) is 57.1 Å².